The summed E-state index contributed by atoms with van der Waals surface area (Å²) in [6.45, 7) is 3.50. The van der Waals surface area contributed by atoms with Gasteiger partial charge in [-0.3, -0.25) is 9.98 Å². The van der Waals surface area contributed by atoms with E-state index in [4.69, 9.17) is 0 Å². The molecule has 2 aromatic rings. The molecule has 0 aliphatic carbocycles. The van der Waals surface area contributed by atoms with Crippen molar-refractivity contribution in [2.24, 2.45) is 9.98 Å². The summed E-state index contributed by atoms with van der Waals surface area (Å²) in [4.78, 5) is 8.21. The van der Waals surface area contributed by atoms with E-state index in [0.29, 0.717) is 0 Å². The monoisotopic (exact) mass is 304 g/mol. The van der Waals surface area contributed by atoms with Crippen LogP contribution in [-0.4, -0.2) is 20.0 Å². The lowest BCUT2D eigenvalue weighted by Crippen LogP contribution is -1.90. The summed E-state index contributed by atoms with van der Waals surface area (Å²) >= 11 is 0. The third kappa shape index (κ3) is 5.63. The number of nitrogens with zero attached hydrogens (tertiary/aromatic N) is 2. The molecule has 0 saturated carbocycles. The first-order valence-electron chi connectivity index (χ1n) is 7.29. The summed E-state index contributed by atoms with van der Waals surface area (Å²) < 4.78 is 0. The maximum absolute atomic E-state index is 4.33. The van der Waals surface area contributed by atoms with Gasteiger partial charge in [-0.05, 0) is 55.3 Å². The number of hydrogen-bond donors (Lipinski definition) is 2. The third-order valence-electron chi connectivity index (χ3n) is 3.04. The third-order valence-corrected chi connectivity index (χ3v) is 3.04. The Hall–Kier alpha value is -3.14. The second kappa shape index (κ2) is 9.00. The summed E-state index contributed by atoms with van der Waals surface area (Å²) in [6.07, 6.45) is 9.32. The van der Waals surface area contributed by atoms with Crippen molar-refractivity contribution in [3.8, 4) is 0 Å². The first kappa shape index (κ1) is 16.2. The maximum Gasteiger partial charge on any atom is 0.0651 e. The summed E-state index contributed by atoms with van der Waals surface area (Å²) in [5.41, 5.74) is 3.77. The van der Waals surface area contributed by atoms with E-state index in [1.54, 1.807) is 6.21 Å². The topological polar surface area (TPSA) is 48.8 Å². The Morgan fingerprint density at radius 1 is 0.913 bits per heavy atom. The molecule has 0 bridgehead atoms. The van der Waals surface area contributed by atoms with Crippen molar-refractivity contribution in [2.75, 3.05) is 17.7 Å². The molecule has 23 heavy (non-hydrogen) atoms. The van der Waals surface area contributed by atoms with Crippen LogP contribution in [0.3, 0.4) is 0 Å². The molecule has 0 aliphatic rings. The molecule has 0 amide bonds. The maximum atomic E-state index is 4.33. The van der Waals surface area contributed by atoms with E-state index in [1.165, 1.54) is 0 Å². The van der Waals surface area contributed by atoms with E-state index in [-0.39, 0.29) is 0 Å². The molecule has 0 fully saturated rings. The van der Waals surface area contributed by atoms with Gasteiger partial charge in [0.2, 0.25) is 0 Å². The lowest BCUT2D eigenvalue weighted by molar-refractivity contribution is 1.49. The minimum Gasteiger partial charge on any atom is -0.388 e. The fourth-order valence-corrected chi connectivity index (χ4v) is 1.88. The van der Waals surface area contributed by atoms with Crippen LogP contribution in [0.1, 0.15) is 0 Å². The van der Waals surface area contributed by atoms with Crippen LogP contribution in [0.2, 0.25) is 0 Å². The summed E-state index contributed by atoms with van der Waals surface area (Å²) in [5.74, 6) is 0. The van der Waals surface area contributed by atoms with Crippen LogP contribution in [0.25, 0.3) is 0 Å². The molecule has 0 saturated heterocycles. The molecule has 116 valence electrons. The highest BCUT2D eigenvalue weighted by Gasteiger charge is 1.90. The van der Waals surface area contributed by atoms with E-state index in [9.17, 15) is 0 Å². The average Bonchev–Trinajstić information content (AvgIpc) is 2.61. The van der Waals surface area contributed by atoms with Gasteiger partial charge in [0, 0.05) is 30.8 Å². The smallest absolute Gasteiger partial charge is 0.0651 e. The highest BCUT2D eigenvalue weighted by Crippen LogP contribution is 2.19. The van der Waals surface area contributed by atoms with Gasteiger partial charge in [0.25, 0.3) is 0 Å². The Bertz CT molecular complexity index is 730. The average molecular weight is 304 g/mol. The molecular weight excluding hydrogens is 284 g/mol. The number of rotatable bonds is 7. The molecule has 0 heterocycles. The number of aliphatic imine (C=N–C) groups is 2. The van der Waals surface area contributed by atoms with Gasteiger partial charge in [-0.25, -0.2) is 0 Å². The van der Waals surface area contributed by atoms with Gasteiger partial charge in [-0.1, -0.05) is 18.2 Å². The number of benzene rings is 2. The van der Waals surface area contributed by atoms with Gasteiger partial charge in [0.15, 0.2) is 0 Å². The van der Waals surface area contributed by atoms with Crippen molar-refractivity contribution in [2.45, 2.75) is 0 Å². The quantitative estimate of drug-likeness (QED) is 0.562. The van der Waals surface area contributed by atoms with Gasteiger partial charge in [-0.15, -0.1) is 0 Å². The molecule has 2 aromatic carbocycles. The van der Waals surface area contributed by atoms with Crippen LogP contribution in [0.15, 0.2) is 82.9 Å². The van der Waals surface area contributed by atoms with E-state index in [2.05, 4.69) is 27.3 Å². The molecule has 0 atom stereocenters. The molecule has 4 heteroatoms. The van der Waals surface area contributed by atoms with Crippen LogP contribution in [0, 0.1) is 0 Å². The van der Waals surface area contributed by atoms with Crippen molar-refractivity contribution in [1.29, 1.82) is 0 Å². The number of allylic oxidation sites excluding steroid dienone is 3. The predicted octanol–water partition coefficient (Wildman–Crippen LogP) is 4.94. The standard InChI is InChI=1S/C19H20N4/c1-20-16-8-6-10-18(14-16)22-12-4-3-5-13-23-19-11-7-9-17(15-19)21-2/h3-15,21,23H,1H2,2H3/b4-3+,13-5+,22-12?. The Morgan fingerprint density at radius 2 is 1.70 bits per heavy atom. The van der Waals surface area contributed by atoms with Crippen molar-refractivity contribution in [3.63, 3.8) is 0 Å². The summed E-state index contributed by atoms with van der Waals surface area (Å²) in [7, 11) is 1.90. The Balaban J connectivity index is 1.83. The molecule has 0 aliphatic heterocycles. The van der Waals surface area contributed by atoms with E-state index < -0.39 is 0 Å². The molecule has 0 radical (unpaired) electrons. The van der Waals surface area contributed by atoms with Crippen LogP contribution < -0.4 is 10.6 Å². The highest BCUT2D eigenvalue weighted by molar-refractivity contribution is 5.75. The number of nitrogens with one attached hydrogen (secondary N) is 2. The van der Waals surface area contributed by atoms with Crippen LogP contribution >= 0.6 is 0 Å². The zero-order valence-electron chi connectivity index (χ0n) is 13.1. The van der Waals surface area contributed by atoms with Crippen LogP contribution in [0.5, 0.6) is 0 Å². The first-order valence-corrected chi connectivity index (χ1v) is 7.29. The normalized spacial score (nSPS) is 11.3. The van der Waals surface area contributed by atoms with E-state index in [0.717, 1.165) is 22.7 Å². The molecule has 0 spiro atoms. The largest absolute Gasteiger partial charge is 0.388 e. The lowest BCUT2D eigenvalue weighted by Gasteiger charge is -2.03. The lowest BCUT2D eigenvalue weighted by atomic mass is 10.3. The number of anilines is 2. The van der Waals surface area contributed by atoms with Crippen molar-refractivity contribution < 1.29 is 0 Å². The minimum atomic E-state index is 0.816. The van der Waals surface area contributed by atoms with Crippen molar-refractivity contribution in [3.05, 3.63) is 73.0 Å². The molecule has 2 N–H and O–H groups in total. The van der Waals surface area contributed by atoms with Gasteiger partial charge in [0.1, 0.15) is 0 Å². The second-order valence-corrected chi connectivity index (χ2v) is 4.68. The summed E-state index contributed by atoms with van der Waals surface area (Å²) in [5, 5.41) is 6.31. The van der Waals surface area contributed by atoms with E-state index >= 15 is 0 Å². The van der Waals surface area contributed by atoms with Crippen molar-refractivity contribution in [1.82, 2.24) is 0 Å². The van der Waals surface area contributed by atoms with Crippen molar-refractivity contribution >= 4 is 35.7 Å². The van der Waals surface area contributed by atoms with Crippen LogP contribution in [0.4, 0.5) is 22.7 Å². The SMILES string of the molecule is C=Nc1cccc(N=C/C=C/C=C/Nc2cccc(NC)c2)c1. The molecule has 2 rings (SSSR count). The minimum absolute atomic E-state index is 0.816. The Morgan fingerprint density at radius 3 is 2.52 bits per heavy atom. The first-order chi connectivity index (χ1) is 11.3. The zero-order chi connectivity index (χ0) is 16.3. The molecular formula is C19H20N4. The van der Waals surface area contributed by atoms with E-state index in [1.807, 2.05) is 80.0 Å². The van der Waals surface area contributed by atoms with Gasteiger partial charge in [-0.2, -0.15) is 0 Å². The number of hydrogen-bond acceptors (Lipinski definition) is 4. The second-order valence-electron chi connectivity index (χ2n) is 4.68. The Labute approximate surface area is 137 Å². The Kier molecular flexibility index (Phi) is 6.35. The fourth-order valence-electron chi connectivity index (χ4n) is 1.88. The predicted molar refractivity (Wildman–Crippen MR) is 102 cm³/mol. The van der Waals surface area contributed by atoms with Gasteiger partial charge >= 0.3 is 0 Å². The highest BCUT2D eigenvalue weighted by atomic mass is 14.9. The van der Waals surface area contributed by atoms with Crippen LogP contribution in [-0.2, 0) is 0 Å². The summed E-state index contributed by atoms with van der Waals surface area (Å²) in [6, 6.07) is 15.7. The van der Waals surface area contributed by atoms with Gasteiger partial charge in [0.05, 0.1) is 11.4 Å². The fraction of sp³-hybridized carbons (Fsp3) is 0.0526. The zero-order valence-corrected chi connectivity index (χ0v) is 13.1. The molecule has 4 nitrogen and oxygen atoms in total. The molecule has 0 unspecified atom stereocenters. The molecule has 0 aromatic heterocycles. The van der Waals surface area contributed by atoms with Gasteiger partial charge < -0.3 is 10.6 Å².